The van der Waals surface area contributed by atoms with Gasteiger partial charge in [-0.15, -0.1) is 0 Å². The van der Waals surface area contributed by atoms with Crippen LogP contribution in [0.4, 0.5) is 0 Å². The van der Waals surface area contributed by atoms with E-state index in [1.165, 1.54) is 6.42 Å². The lowest BCUT2D eigenvalue weighted by molar-refractivity contribution is 0.364. The van der Waals surface area contributed by atoms with Crippen LogP contribution in [-0.4, -0.2) is 30.8 Å². The number of sulfonamides is 1. The molecule has 1 aromatic heterocycles. The summed E-state index contributed by atoms with van der Waals surface area (Å²) < 4.78 is 27.2. The zero-order valence-corrected chi connectivity index (χ0v) is 12.7. The Balaban J connectivity index is 2.26. The van der Waals surface area contributed by atoms with Crippen LogP contribution in [0.5, 0.6) is 0 Å². The van der Waals surface area contributed by atoms with E-state index in [9.17, 15) is 8.42 Å². The second-order valence-electron chi connectivity index (χ2n) is 4.51. The summed E-state index contributed by atoms with van der Waals surface area (Å²) in [4.78, 5) is 3.99. The Morgan fingerprint density at radius 2 is 1.72 bits per heavy atom. The predicted molar refractivity (Wildman–Crippen MR) is 73.7 cm³/mol. The van der Waals surface area contributed by atoms with Gasteiger partial charge in [0.25, 0.3) is 10.0 Å². The minimum Gasteiger partial charge on any atom is -0.229 e. The highest BCUT2D eigenvalue weighted by Gasteiger charge is 2.28. The summed E-state index contributed by atoms with van der Waals surface area (Å²) in [5.41, 5.74) is 0.507. The van der Waals surface area contributed by atoms with Gasteiger partial charge in [0.1, 0.15) is 0 Å². The molecule has 0 radical (unpaired) electrons. The van der Waals surface area contributed by atoms with Crippen LogP contribution < -0.4 is 0 Å². The molecule has 0 atom stereocenters. The maximum atomic E-state index is 12.5. The molecule has 1 aliphatic heterocycles. The summed E-state index contributed by atoms with van der Waals surface area (Å²) in [7, 11) is -3.41. The fraction of sp³-hybridized carbons (Fsp3) is 0.727. The van der Waals surface area contributed by atoms with Gasteiger partial charge in [0.05, 0.1) is 5.69 Å². The molecule has 0 aromatic carbocycles. The normalized spacial score (nSPS) is 19.4. The first-order valence-corrected chi connectivity index (χ1v) is 8.78. The molecule has 1 saturated heterocycles. The number of thiazole rings is 1. The Kier molecular flexibility index (Phi) is 4.64. The molecule has 4 nitrogen and oxygen atoms in total. The van der Waals surface area contributed by atoms with Crippen molar-refractivity contribution in [2.45, 2.75) is 43.2 Å². The van der Waals surface area contributed by atoms with E-state index in [0.29, 0.717) is 23.0 Å². The van der Waals surface area contributed by atoms with Crippen molar-refractivity contribution in [3.05, 3.63) is 10.2 Å². The molecular formula is C11H17ClN2O2S2. The Morgan fingerprint density at radius 1 is 1.17 bits per heavy atom. The minimum atomic E-state index is -3.41. The SMILES string of the molecule is Cc1nc(Cl)sc1S(=O)(=O)N1CCCCCCC1. The number of nitrogens with zero attached hydrogens (tertiary/aromatic N) is 2. The summed E-state index contributed by atoms with van der Waals surface area (Å²) in [6.07, 6.45) is 5.29. The quantitative estimate of drug-likeness (QED) is 0.843. The molecule has 18 heavy (non-hydrogen) atoms. The van der Waals surface area contributed by atoms with Gasteiger partial charge >= 0.3 is 0 Å². The highest BCUT2D eigenvalue weighted by molar-refractivity contribution is 7.91. The smallest absolute Gasteiger partial charge is 0.229 e. The van der Waals surface area contributed by atoms with Crippen LogP contribution in [0.1, 0.15) is 37.8 Å². The Morgan fingerprint density at radius 3 is 2.22 bits per heavy atom. The van der Waals surface area contributed by atoms with Crippen LogP contribution >= 0.6 is 22.9 Å². The van der Waals surface area contributed by atoms with E-state index in [2.05, 4.69) is 4.98 Å². The number of aryl methyl sites for hydroxylation is 1. The van der Waals surface area contributed by atoms with Crippen molar-refractivity contribution in [1.82, 2.24) is 9.29 Å². The molecular weight excluding hydrogens is 292 g/mol. The molecule has 1 aromatic rings. The van der Waals surface area contributed by atoms with Gasteiger partial charge in [0.15, 0.2) is 8.68 Å². The minimum absolute atomic E-state index is 0.290. The first-order valence-electron chi connectivity index (χ1n) is 6.15. The molecule has 0 aliphatic carbocycles. The second kappa shape index (κ2) is 5.86. The van der Waals surface area contributed by atoms with Crippen molar-refractivity contribution in [2.24, 2.45) is 0 Å². The van der Waals surface area contributed by atoms with Crippen LogP contribution in [0.25, 0.3) is 0 Å². The molecule has 0 spiro atoms. The Hall–Kier alpha value is -0.170. The zero-order valence-electron chi connectivity index (χ0n) is 10.4. The summed E-state index contributed by atoms with van der Waals surface area (Å²) in [6, 6.07) is 0. The van der Waals surface area contributed by atoms with Gasteiger partial charge in [-0.3, -0.25) is 0 Å². The van der Waals surface area contributed by atoms with Gasteiger partial charge in [0, 0.05) is 13.1 Å². The monoisotopic (exact) mass is 308 g/mol. The van der Waals surface area contributed by atoms with Crippen molar-refractivity contribution >= 4 is 33.0 Å². The fourth-order valence-corrected chi connectivity index (χ4v) is 5.56. The number of halogens is 1. The fourth-order valence-electron chi connectivity index (χ4n) is 2.17. The van der Waals surface area contributed by atoms with E-state index in [4.69, 9.17) is 11.6 Å². The van der Waals surface area contributed by atoms with E-state index < -0.39 is 10.0 Å². The third-order valence-corrected chi connectivity index (χ3v) is 6.86. The highest BCUT2D eigenvalue weighted by atomic mass is 35.5. The molecule has 0 saturated carbocycles. The number of hydrogen-bond acceptors (Lipinski definition) is 4. The first kappa shape index (κ1) is 14.2. The van der Waals surface area contributed by atoms with E-state index >= 15 is 0 Å². The van der Waals surface area contributed by atoms with Crippen molar-refractivity contribution < 1.29 is 8.42 Å². The molecule has 2 rings (SSSR count). The van der Waals surface area contributed by atoms with Crippen molar-refractivity contribution in [3.63, 3.8) is 0 Å². The van der Waals surface area contributed by atoms with Crippen LogP contribution in [0.2, 0.25) is 4.47 Å². The molecule has 7 heteroatoms. The van der Waals surface area contributed by atoms with E-state index in [1.54, 1.807) is 11.2 Å². The third-order valence-electron chi connectivity index (χ3n) is 3.12. The lowest BCUT2D eigenvalue weighted by atomic mass is 10.1. The summed E-state index contributed by atoms with van der Waals surface area (Å²) in [6.45, 7) is 2.91. The molecule has 0 bridgehead atoms. The van der Waals surface area contributed by atoms with Gasteiger partial charge < -0.3 is 0 Å². The van der Waals surface area contributed by atoms with Crippen LogP contribution in [0.15, 0.2) is 4.21 Å². The van der Waals surface area contributed by atoms with Gasteiger partial charge in [-0.1, -0.05) is 42.2 Å². The Labute approximate surface area is 117 Å². The van der Waals surface area contributed by atoms with Gasteiger partial charge in [0.2, 0.25) is 0 Å². The van der Waals surface area contributed by atoms with Crippen LogP contribution in [0.3, 0.4) is 0 Å². The summed E-state index contributed by atoms with van der Waals surface area (Å²) >= 11 is 6.85. The first-order chi connectivity index (χ1) is 8.51. The molecule has 0 amide bonds. The zero-order chi connectivity index (χ0) is 13.2. The maximum Gasteiger partial charge on any atom is 0.254 e. The molecule has 1 aliphatic rings. The largest absolute Gasteiger partial charge is 0.254 e. The van der Waals surface area contributed by atoms with E-state index in [-0.39, 0.29) is 4.47 Å². The molecule has 102 valence electrons. The average molecular weight is 309 g/mol. The topological polar surface area (TPSA) is 50.3 Å². The van der Waals surface area contributed by atoms with Gasteiger partial charge in [-0.25, -0.2) is 13.4 Å². The van der Waals surface area contributed by atoms with Crippen molar-refractivity contribution in [2.75, 3.05) is 13.1 Å². The lowest BCUT2D eigenvalue weighted by Crippen LogP contribution is -2.33. The van der Waals surface area contributed by atoms with Crippen LogP contribution in [0, 0.1) is 6.92 Å². The number of rotatable bonds is 2. The molecule has 0 N–H and O–H groups in total. The van der Waals surface area contributed by atoms with Crippen molar-refractivity contribution in [1.29, 1.82) is 0 Å². The maximum absolute atomic E-state index is 12.5. The van der Waals surface area contributed by atoms with Gasteiger partial charge in [-0.05, 0) is 19.8 Å². The number of hydrogen-bond donors (Lipinski definition) is 0. The van der Waals surface area contributed by atoms with Crippen LogP contribution in [-0.2, 0) is 10.0 Å². The second-order valence-corrected chi connectivity index (χ2v) is 8.23. The standard InChI is InChI=1S/C11H17ClN2O2S2/c1-9-10(17-11(12)13-9)18(15,16)14-7-5-3-2-4-6-8-14/h2-8H2,1H3. The Bertz CT molecular complexity index is 505. The highest BCUT2D eigenvalue weighted by Crippen LogP contribution is 2.30. The average Bonchev–Trinajstić information content (AvgIpc) is 2.57. The molecule has 0 unspecified atom stereocenters. The third kappa shape index (κ3) is 3.04. The lowest BCUT2D eigenvalue weighted by Gasteiger charge is -2.23. The summed E-state index contributed by atoms with van der Waals surface area (Å²) in [5, 5.41) is 0. The van der Waals surface area contributed by atoms with Crippen molar-refractivity contribution in [3.8, 4) is 0 Å². The summed E-state index contributed by atoms with van der Waals surface area (Å²) in [5.74, 6) is 0. The van der Waals surface area contributed by atoms with Gasteiger partial charge in [-0.2, -0.15) is 4.31 Å². The molecule has 2 heterocycles. The molecule has 1 fully saturated rings. The van der Waals surface area contributed by atoms with E-state index in [1.807, 2.05) is 0 Å². The predicted octanol–water partition coefficient (Wildman–Crippen LogP) is 3.06. The van der Waals surface area contributed by atoms with E-state index in [0.717, 1.165) is 37.0 Å². The number of aromatic nitrogens is 1.